The van der Waals surface area contributed by atoms with E-state index < -0.39 is 0 Å². The van der Waals surface area contributed by atoms with E-state index in [4.69, 9.17) is 0 Å². The molecule has 0 heterocycles. The van der Waals surface area contributed by atoms with Gasteiger partial charge in [0.2, 0.25) is 0 Å². The summed E-state index contributed by atoms with van der Waals surface area (Å²) in [5.41, 5.74) is 5.61. The van der Waals surface area contributed by atoms with Crippen molar-refractivity contribution in [1.29, 1.82) is 0 Å². The molecule has 0 aromatic heterocycles. The predicted molar refractivity (Wildman–Crippen MR) is 97.8 cm³/mol. The highest BCUT2D eigenvalue weighted by Gasteiger charge is 2.14. The van der Waals surface area contributed by atoms with E-state index in [9.17, 15) is 0 Å². The molecule has 0 radical (unpaired) electrons. The Morgan fingerprint density at radius 2 is 1.27 bits per heavy atom. The molecule has 1 nitrogen and oxygen atoms in total. The van der Waals surface area contributed by atoms with Crippen LogP contribution in [0, 0.1) is 0 Å². The van der Waals surface area contributed by atoms with Gasteiger partial charge in [0.25, 0.3) is 0 Å². The average molecular weight is 293 g/mol. The highest BCUT2D eigenvalue weighted by atomic mass is 15.1. The van der Waals surface area contributed by atoms with Crippen LogP contribution < -0.4 is 0 Å². The minimum atomic E-state index is 0.514. The second-order valence-electron chi connectivity index (χ2n) is 6.06. The van der Waals surface area contributed by atoms with E-state index in [0.717, 1.165) is 12.8 Å². The zero-order valence-electron chi connectivity index (χ0n) is 14.2. The summed E-state index contributed by atoms with van der Waals surface area (Å²) in [7, 11) is 4.31. The van der Waals surface area contributed by atoms with Crippen LogP contribution in [-0.4, -0.2) is 25.0 Å². The van der Waals surface area contributed by atoms with Gasteiger partial charge in [0.1, 0.15) is 0 Å². The van der Waals surface area contributed by atoms with Crippen molar-refractivity contribution in [3.63, 3.8) is 0 Å². The fraction of sp³-hybridized carbons (Fsp3) is 0.333. The molecule has 0 spiro atoms. The third kappa shape index (κ3) is 4.08. The second-order valence-corrected chi connectivity index (χ2v) is 6.06. The molecule has 0 saturated heterocycles. The van der Waals surface area contributed by atoms with Crippen LogP contribution in [0.2, 0.25) is 0 Å². The van der Waals surface area contributed by atoms with Crippen LogP contribution in [0.1, 0.15) is 37.8 Å². The van der Waals surface area contributed by atoms with Gasteiger partial charge in [-0.25, -0.2) is 0 Å². The summed E-state index contributed by atoms with van der Waals surface area (Å²) >= 11 is 0. The molecule has 22 heavy (non-hydrogen) atoms. The van der Waals surface area contributed by atoms with Crippen LogP contribution in [0.4, 0.5) is 0 Å². The summed E-state index contributed by atoms with van der Waals surface area (Å²) in [6, 6.07) is 22.1. The van der Waals surface area contributed by atoms with E-state index in [1.54, 1.807) is 0 Å². The Bertz CT molecular complexity index is 596. The van der Waals surface area contributed by atoms with Crippen molar-refractivity contribution in [1.82, 2.24) is 4.90 Å². The molecular weight excluding hydrogens is 266 g/mol. The van der Waals surface area contributed by atoms with Crippen molar-refractivity contribution in [2.45, 2.75) is 32.7 Å². The molecule has 0 amide bonds. The number of hydrogen-bond acceptors (Lipinski definition) is 1. The van der Waals surface area contributed by atoms with E-state index >= 15 is 0 Å². The van der Waals surface area contributed by atoms with Crippen LogP contribution in [-0.2, 0) is 0 Å². The third-order valence-corrected chi connectivity index (χ3v) is 4.34. The quantitative estimate of drug-likeness (QED) is 0.649. The molecule has 1 atom stereocenters. The van der Waals surface area contributed by atoms with Crippen molar-refractivity contribution in [3.8, 4) is 0 Å². The van der Waals surface area contributed by atoms with Crippen molar-refractivity contribution in [3.05, 3.63) is 71.8 Å². The molecule has 0 N–H and O–H groups in total. The molecule has 2 rings (SSSR count). The molecule has 0 aliphatic carbocycles. The molecule has 116 valence electrons. The predicted octanol–water partition coefficient (Wildman–Crippen LogP) is 5.35. The smallest absolute Gasteiger partial charge is 0.0102 e. The maximum Gasteiger partial charge on any atom is 0.0102 e. The second kappa shape index (κ2) is 7.95. The Morgan fingerprint density at radius 1 is 0.818 bits per heavy atom. The summed E-state index contributed by atoms with van der Waals surface area (Å²) in [5.74, 6) is 0. The molecule has 2 aromatic carbocycles. The van der Waals surface area contributed by atoms with E-state index in [1.165, 1.54) is 22.3 Å². The fourth-order valence-electron chi connectivity index (χ4n) is 2.76. The minimum Gasteiger partial charge on any atom is -0.306 e. The molecular formula is C21H27N. The molecule has 1 heteroatoms. The summed E-state index contributed by atoms with van der Waals surface area (Å²) < 4.78 is 0. The summed E-state index contributed by atoms with van der Waals surface area (Å²) in [6.07, 6.45) is 2.11. The van der Waals surface area contributed by atoms with E-state index in [1.807, 2.05) is 0 Å². The first kappa shape index (κ1) is 16.5. The molecule has 0 aliphatic rings. The first-order chi connectivity index (χ1) is 10.6. The molecule has 1 unspecified atom stereocenters. The Morgan fingerprint density at radius 3 is 1.68 bits per heavy atom. The SMILES string of the molecule is CC/C(=C(/CC(C)N(C)C)c1ccccc1)c1ccccc1. The summed E-state index contributed by atoms with van der Waals surface area (Å²) in [4.78, 5) is 2.29. The van der Waals surface area contributed by atoms with Gasteiger partial charge in [-0.1, -0.05) is 67.6 Å². The van der Waals surface area contributed by atoms with Gasteiger partial charge in [-0.05, 0) is 56.1 Å². The highest BCUT2D eigenvalue weighted by molar-refractivity contribution is 5.90. The van der Waals surface area contributed by atoms with Crippen molar-refractivity contribution in [2.24, 2.45) is 0 Å². The number of nitrogens with zero attached hydrogens (tertiary/aromatic N) is 1. The van der Waals surface area contributed by atoms with Gasteiger partial charge in [0.05, 0.1) is 0 Å². The standard InChI is InChI=1S/C21H27N/c1-5-20(18-12-8-6-9-13-18)21(16-17(2)22(3)4)19-14-10-7-11-15-19/h6-15,17H,5,16H2,1-4H3/b21-20+. The van der Waals surface area contributed by atoms with Crippen molar-refractivity contribution < 1.29 is 0 Å². The molecule has 0 saturated carbocycles. The average Bonchev–Trinajstić information content (AvgIpc) is 2.56. The number of benzene rings is 2. The molecule has 0 aliphatic heterocycles. The summed E-state index contributed by atoms with van der Waals surface area (Å²) in [6.45, 7) is 4.55. The van der Waals surface area contributed by atoms with Crippen LogP contribution >= 0.6 is 0 Å². The Kier molecular flexibility index (Phi) is 5.97. The van der Waals surface area contributed by atoms with Crippen LogP contribution in [0.3, 0.4) is 0 Å². The lowest BCUT2D eigenvalue weighted by Crippen LogP contribution is -2.25. The molecule has 2 aromatic rings. The maximum atomic E-state index is 2.29. The topological polar surface area (TPSA) is 3.24 Å². The van der Waals surface area contributed by atoms with E-state index in [2.05, 4.69) is 93.5 Å². The highest BCUT2D eigenvalue weighted by Crippen LogP contribution is 2.32. The van der Waals surface area contributed by atoms with E-state index in [-0.39, 0.29) is 0 Å². The van der Waals surface area contributed by atoms with Crippen LogP contribution in [0.25, 0.3) is 11.1 Å². The normalized spacial score (nSPS) is 13.9. The Hall–Kier alpha value is -1.86. The van der Waals surface area contributed by atoms with Gasteiger partial charge in [-0.15, -0.1) is 0 Å². The van der Waals surface area contributed by atoms with Crippen molar-refractivity contribution >= 4 is 11.1 Å². The lowest BCUT2D eigenvalue weighted by atomic mass is 9.89. The lowest BCUT2D eigenvalue weighted by molar-refractivity contribution is 0.319. The zero-order chi connectivity index (χ0) is 15.9. The first-order valence-electron chi connectivity index (χ1n) is 8.12. The molecule has 0 fully saturated rings. The Balaban J connectivity index is 2.52. The Labute approximate surface area is 135 Å². The molecule has 0 bridgehead atoms. The van der Waals surface area contributed by atoms with Crippen LogP contribution in [0.5, 0.6) is 0 Å². The maximum absolute atomic E-state index is 2.29. The fourth-order valence-corrected chi connectivity index (χ4v) is 2.76. The first-order valence-corrected chi connectivity index (χ1v) is 8.12. The van der Waals surface area contributed by atoms with Gasteiger partial charge >= 0.3 is 0 Å². The van der Waals surface area contributed by atoms with Gasteiger partial charge < -0.3 is 4.90 Å². The number of hydrogen-bond donors (Lipinski definition) is 0. The van der Waals surface area contributed by atoms with Gasteiger partial charge in [0.15, 0.2) is 0 Å². The zero-order valence-corrected chi connectivity index (χ0v) is 14.2. The lowest BCUT2D eigenvalue weighted by Gasteiger charge is -2.24. The van der Waals surface area contributed by atoms with E-state index in [0.29, 0.717) is 6.04 Å². The summed E-state index contributed by atoms with van der Waals surface area (Å²) in [5, 5.41) is 0. The van der Waals surface area contributed by atoms with Gasteiger partial charge in [-0.3, -0.25) is 0 Å². The van der Waals surface area contributed by atoms with Crippen molar-refractivity contribution in [2.75, 3.05) is 14.1 Å². The monoisotopic (exact) mass is 293 g/mol. The van der Waals surface area contributed by atoms with Gasteiger partial charge in [-0.2, -0.15) is 0 Å². The third-order valence-electron chi connectivity index (χ3n) is 4.34. The van der Waals surface area contributed by atoms with Crippen LogP contribution in [0.15, 0.2) is 60.7 Å². The number of rotatable bonds is 6. The largest absolute Gasteiger partial charge is 0.306 e. The van der Waals surface area contributed by atoms with Gasteiger partial charge in [0, 0.05) is 6.04 Å². The number of allylic oxidation sites excluding steroid dienone is 1. The minimum absolute atomic E-state index is 0.514.